The minimum atomic E-state index is -0.467. The average Bonchev–Trinajstić information content (AvgIpc) is 3.06. The third-order valence-electron chi connectivity index (χ3n) is 4.31. The molecule has 10 heteroatoms. The molecule has 1 heterocycles. The lowest BCUT2D eigenvalue weighted by atomic mass is 10.1. The van der Waals surface area contributed by atoms with Gasteiger partial charge >= 0.3 is 10.8 Å². The number of esters is 1. The maximum atomic E-state index is 12.4. The van der Waals surface area contributed by atoms with Crippen LogP contribution in [0.5, 0.6) is 5.75 Å². The van der Waals surface area contributed by atoms with E-state index in [9.17, 15) is 14.4 Å². The summed E-state index contributed by atoms with van der Waals surface area (Å²) in [5, 5.41) is 4.02. The van der Waals surface area contributed by atoms with Gasteiger partial charge in [-0.3, -0.25) is 14.2 Å². The summed E-state index contributed by atoms with van der Waals surface area (Å²) >= 11 is 7.22. The largest absolute Gasteiger partial charge is 0.484 e. The summed E-state index contributed by atoms with van der Waals surface area (Å²) in [4.78, 5) is 36.0. The van der Waals surface area contributed by atoms with E-state index in [-0.39, 0.29) is 23.2 Å². The van der Waals surface area contributed by atoms with Crippen LogP contribution in [0.15, 0.2) is 58.4 Å². The number of carbonyl (C=O) groups is 2. The highest BCUT2D eigenvalue weighted by atomic mass is 35.5. The molecule has 32 heavy (non-hydrogen) atoms. The summed E-state index contributed by atoms with van der Waals surface area (Å²) < 4.78 is 11.4. The van der Waals surface area contributed by atoms with Crippen molar-refractivity contribution in [3.05, 3.63) is 84.9 Å². The number of nitrogens with zero attached hydrogens (tertiary/aromatic N) is 2. The first-order chi connectivity index (χ1) is 15.4. The molecule has 3 aromatic rings. The zero-order valence-corrected chi connectivity index (χ0v) is 18.9. The van der Waals surface area contributed by atoms with E-state index >= 15 is 0 Å². The Morgan fingerprint density at radius 2 is 1.97 bits per heavy atom. The maximum absolute atomic E-state index is 12.4. The molecule has 0 saturated heterocycles. The number of hydrazone groups is 1. The number of carbonyl (C=O) groups excluding carboxylic acids is 2. The number of ether oxygens (including phenoxy) is 2. The Morgan fingerprint density at radius 1 is 1.22 bits per heavy atom. The van der Waals surface area contributed by atoms with Gasteiger partial charge < -0.3 is 9.47 Å². The fourth-order valence-corrected chi connectivity index (χ4v) is 3.80. The molecule has 0 aliphatic carbocycles. The Morgan fingerprint density at radius 3 is 2.69 bits per heavy atom. The lowest BCUT2D eigenvalue weighted by Gasteiger charge is -2.06. The lowest BCUT2D eigenvalue weighted by Crippen LogP contribution is -2.24. The summed E-state index contributed by atoms with van der Waals surface area (Å²) in [6.07, 6.45) is 1.31. The zero-order valence-electron chi connectivity index (χ0n) is 17.3. The minimum Gasteiger partial charge on any atom is -0.484 e. The van der Waals surface area contributed by atoms with E-state index < -0.39 is 11.9 Å². The van der Waals surface area contributed by atoms with Crippen molar-refractivity contribution in [1.29, 1.82) is 0 Å². The molecule has 0 bridgehead atoms. The van der Waals surface area contributed by atoms with Gasteiger partial charge in [-0.15, -0.1) is 0 Å². The SMILES string of the molecule is COC(=O)c1cccc(Cn2c(Cl)c(C=NNC(=O)COc3ccc(C)cc3)sc2=O)c1. The van der Waals surface area contributed by atoms with Gasteiger partial charge in [-0.2, -0.15) is 5.10 Å². The number of methoxy groups -OCH3 is 1. The molecule has 3 rings (SSSR count). The van der Waals surface area contributed by atoms with Gasteiger partial charge in [0.1, 0.15) is 10.9 Å². The third kappa shape index (κ3) is 6.05. The number of hydrogen-bond donors (Lipinski definition) is 1. The molecule has 2 aromatic carbocycles. The van der Waals surface area contributed by atoms with E-state index in [1.807, 2.05) is 19.1 Å². The number of aromatic nitrogens is 1. The van der Waals surface area contributed by atoms with Crippen LogP contribution in [0.25, 0.3) is 0 Å². The normalized spacial score (nSPS) is 10.8. The van der Waals surface area contributed by atoms with Crippen LogP contribution >= 0.6 is 22.9 Å². The van der Waals surface area contributed by atoms with Crippen molar-refractivity contribution in [3.63, 3.8) is 0 Å². The van der Waals surface area contributed by atoms with Gasteiger partial charge in [0.25, 0.3) is 5.91 Å². The van der Waals surface area contributed by atoms with E-state index in [2.05, 4.69) is 10.5 Å². The van der Waals surface area contributed by atoms with Gasteiger partial charge in [0.15, 0.2) is 6.61 Å². The predicted octanol–water partition coefficient (Wildman–Crippen LogP) is 3.24. The summed E-state index contributed by atoms with van der Waals surface area (Å²) in [6.45, 7) is 1.92. The van der Waals surface area contributed by atoms with Crippen LogP contribution in [-0.4, -0.2) is 36.4 Å². The number of halogens is 1. The molecule has 0 spiro atoms. The second-order valence-electron chi connectivity index (χ2n) is 6.70. The predicted molar refractivity (Wildman–Crippen MR) is 123 cm³/mol. The number of rotatable bonds is 8. The number of nitrogens with one attached hydrogen (secondary N) is 1. The van der Waals surface area contributed by atoms with Crippen molar-refractivity contribution in [2.75, 3.05) is 13.7 Å². The Labute approximate surface area is 193 Å². The number of amides is 1. The first kappa shape index (κ1) is 23.2. The van der Waals surface area contributed by atoms with Crippen molar-refractivity contribution >= 4 is 41.0 Å². The Hall–Kier alpha value is -3.43. The standard InChI is InChI=1S/C22H20ClN3O5S/c1-14-6-8-17(9-7-14)31-13-19(27)25-24-11-18-20(23)26(22(29)32-18)12-15-4-3-5-16(10-15)21(28)30-2/h3-11H,12-13H2,1-2H3,(H,25,27). The average molecular weight is 474 g/mol. The molecule has 0 radical (unpaired) electrons. The summed E-state index contributed by atoms with van der Waals surface area (Å²) in [5.74, 6) is -0.348. The Bertz CT molecular complexity index is 1200. The molecule has 1 N–H and O–H groups in total. The van der Waals surface area contributed by atoms with Gasteiger partial charge in [-0.05, 0) is 36.8 Å². The first-order valence-electron chi connectivity index (χ1n) is 9.45. The topological polar surface area (TPSA) is 99.0 Å². The molecule has 1 amide bonds. The van der Waals surface area contributed by atoms with E-state index in [4.69, 9.17) is 21.1 Å². The maximum Gasteiger partial charge on any atom is 0.337 e. The highest BCUT2D eigenvalue weighted by Crippen LogP contribution is 2.19. The lowest BCUT2D eigenvalue weighted by molar-refractivity contribution is -0.123. The van der Waals surface area contributed by atoms with Gasteiger partial charge in [0, 0.05) is 0 Å². The van der Waals surface area contributed by atoms with E-state index in [0.29, 0.717) is 21.8 Å². The molecular weight excluding hydrogens is 454 g/mol. The van der Waals surface area contributed by atoms with Gasteiger partial charge in [0.2, 0.25) is 0 Å². The second kappa shape index (κ2) is 10.7. The van der Waals surface area contributed by atoms with Crippen LogP contribution in [-0.2, 0) is 16.1 Å². The minimum absolute atomic E-state index is 0.170. The zero-order chi connectivity index (χ0) is 23.1. The van der Waals surface area contributed by atoms with Crippen molar-refractivity contribution in [2.24, 2.45) is 5.10 Å². The molecule has 0 aliphatic rings. The van der Waals surface area contributed by atoms with Gasteiger partial charge in [-0.25, -0.2) is 10.2 Å². The fourth-order valence-electron chi connectivity index (χ4n) is 2.69. The van der Waals surface area contributed by atoms with Crippen molar-refractivity contribution in [1.82, 2.24) is 9.99 Å². The quantitative estimate of drug-likeness (QED) is 0.307. The molecule has 8 nitrogen and oxygen atoms in total. The third-order valence-corrected chi connectivity index (χ3v) is 5.74. The van der Waals surface area contributed by atoms with Crippen LogP contribution in [0, 0.1) is 6.92 Å². The molecule has 166 valence electrons. The Kier molecular flexibility index (Phi) is 7.80. The second-order valence-corrected chi connectivity index (χ2v) is 8.05. The number of thiazole rings is 1. The van der Waals surface area contributed by atoms with Crippen LogP contribution in [0.1, 0.15) is 26.4 Å². The molecule has 0 aliphatic heterocycles. The summed E-state index contributed by atoms with van der Waals surface area (Å²) in [6, 6.07) is 14.0. The molecule has 0 fully saturated rings. The molecule has 0 saturated carbocycles. The molecular formula is C22H20ClN3O5S. The van der Waals surface area contributed by atoms with Gasteiger partial charge in [-0.1, -0.05) is 52.8 Å². The monoisotopic (exact) mass is 473 g/mol. The fraction of sp³-hybridized carbons (Fsp3) is 0.182. The molecule has 0 atom stereocenters. The van der Waals surface area contributed by atoms with Crippen LogP contribution in [0.3, 0.4) is 0 Å². The van der Waals surface area contributed by atoms with Crippen LogP contribution < -0.4 is 15.0 Å². The Balaban J connectivity index is 1.61. The number of aryl methyl sites for hydroxylation is 1. The smallest absolute Gasteiger partial charge is 0.337 e. The van der Waals surface area contributed by atoms with Crippen LogP contribution in [0.4, 0.5) is 0 Å². The summed E-state index contributed by atoms with van der Waals surface area (Å²) in [5.41, 5.74) is 4.51. The first-order valence-corrected chi connectivity index (χ1v) is 10.6. The highest BCUT2D eigenvalue weighted by Gasteiger charge is 2.13. The van der Waals surface area contributed by atoms with Crippen molar-refractivity contribution in [3.8, 4) is 5.75 Å². The van der Waals surface area contributed by atoms with E-state index in [0.717, 1.165) is 16.9 Å². The van der Waals surface area contributed by atoms with Crippen molar-refractivity contribution in [2.45, 2.75) is 13.5 Å². The van der Waals surface area contributed by atoms with Crippen molar-refractivity contribution < 1.29 is 19.1 Å². The van der Waals surface area contributed by atoms with Gasteiger partial charge in [0.05, 0.1) is 30.3 Å². The number of benzene rings is 2. The molecule has 1 aromatic heterocycles. The number of hydrogen-bond acceptors (Lipinski definition) is 7. The highest BCUT2D eigenvalue weighted by molar-refractivity contribution is 7.11. The van der Waals surface area contributed by atoms with E-state index in [1.54, 1.807) is 36.4 Å². The molecule has 0 unspecified atom stereocenters. The van der Waals surface area contributed by atoms with Crippen LogP contribution in [0.2, 0.25) is 5.15 Å². The summed E-state index contributed by atoms with van der Waals surface area (Å²) in [7, 11) is 1.30. The van der Waals surface area contributed by atoms with E-state index in [1.165, 1.54) is 17.9 Å².